The summed E-state index contributed by atoms with van der Waals surface area (Å²) in [5.41, 5.74) is -0.717. The molecule has 1 aromatic rings. The van der Waals surface area contributed by atoms with Crippen LogP contribution in [0.1, 0.15) is 19.4 Å². The molecule has 0 aliphatic heterocycles. The van der Waals surface area contributed by atoms with Crippen molar-refractivity contribution in [1.82, 2.24) is 0 Å². The van der Waals surface area contributed by atoms with Crippen molar-refractivity contribution in [2.45, 2.75) is 24.3 Å². The lowest BCUT2D eigenvalue weighted by Crippen LogP contribution is -2.31. The number of halogens is 5. The molecular formula is C11H10BrClF3NO. The van der Waals surface area contributed by atoms with Crippen LogP contribution in [0, 0.1) is 0 Å². The first-order chi connectivity index (χ1) is 8.01. The molecule has 0 aromatic heterocycles. The number of hydrogen-bond acceptors (Lipinski definition) is 1. The van der Waals surface area contributed by atoms with Crippen LogP contribution in [0.25, 0.3) is 0 Å². The minimum atomic E-state index is -4.46. The molecule has 0 aliphatic rings. The average Bonchev–Trinajstić information content (AvgIpc) is 2.17. The fraction of sp³-hybridized carbons (Fsp3) is 0.364. The lowest BCUT2D eigenvalue weighted by molar-refractivity contribution is -0.137. The Morgan fingerprint density at radius 2 is 1.89 bits per heavy atom. The smallest absolute Gasteiger partial charge is 0.324 e. The molecule has 0 saturated heterocycles. The Labute approximate surface area is 116 Å². The highest BCUT2D eigenvalue weighted by Crippen LogP contribution is 2.34. The zero-order chi connectivity index (χ0) is 14.1. The van der Waals surface area contributed by atoms with Gasteiger partial charge in [0, 0.05) is 0 Å². The number of benzene rings is 1. The number of nitrogens with one attached hydrogen (secondary N) is 1. The molecule has 0 bridgehead atoms. The van der Waals surface area contributed by atoms with Gasteiger partial charge in [-0.1, -0.05) is 27.5 Å². The van der Waals surface area contributed by atoms with Gasteiger partial charge in [0.15, 0.2) is 0 Å². The van der Waals surface area contributed by atoms with Gasteiger partial charge in [-0.05, 0) is 32.0 Å². The van der Waals surface area contributed by atoms with Gasteiger partial charge in [0.25, 0.3) is 0 Å². The molecule has 0 spiro atoms. The Kier molecular flexibility index (Phi) is 4.33. The molecule has 18 heavy (non-hydrogen) atoms. The van der Waals surface area contributed by atoms with Gasteiger partial charge in [-0.3, -0.25) is 4.79 Å². The number of carbonyl (C=O) groups excluding carboxylic acids is 1. The van der Waals surface area contributed by atoms with E-state index in [0.29, 0.717) is 0 Å². The van der Waals surface area contributed by atoms with E-state index in [2.05, 4.69) is 21.2 Å². The van der Waals surface area contributed by atoms with Crippen LogP contribution in [0.2, 0.25) is 5.02 Å². The quantitative estimate of drug-likeness (QED) is 0.788. The standard InChI is InChI=1S/C11H10BrClF3NO/c1-10(2,12)9(18)17-8-4-3-6(5-7(8)13)11(14,15)16/h3-5H,1-2H3,(H,17,18). The molecule has 0 heterocycles. The SMILES string of the molecule is CC(C)(Br)C(=O)Nc1ccc(C(F)(F)F)cc1Cl. The van der Waals surface area contributed by atoms with Crippen molar-refractivity contribution in [1.29, 1.82) is 0 Å². The zero-order valence-electron chi connectivity index (χ0n) is 9.53. The van der Waals surface area contributed by atoms with Crippen LogP contribution < -0.4 is 5.32 Å². The number of alkyl halides is 4. The number of anilines is 1. The van der Waals surface area contributed by atoms with Crippen LogP contribution in [-0.4, -0.2) is 10.2 Å². The van der Waals surface area contributed by atoms with Gasteiger partial charge >= 0.3 is 6.18 Å². The summed E-state index contributed by atoms with van der Waals surface area (Å²) >= 11 is 8.84. The average molecular weight is 345 g/mol. The third-order valence-corrected chi connectivity index (χ3v) is 2.76. The van der Waals surface area contributed by atoms with E-state index in [1.807, 2.05) is 0 Å². The van der Waals surface area contributed by atoms with Crippen molar-refractivity contribution in [3.63, 3.8) is 0 Å². The molecule has 2 nitrogen and oxygen atoms in total. The molecule has 1 rings (SSSR count). The van der Waals surface area contributed by atoms with E-state index >= 15 is 0 Å². The van der Waals surface area contributed by atoms with Gasteiger partial charge in [-0.25, -0.2) is 0 Å². The predicted molar refractivity (Wildman–Crippen MR) is 68.1 cm³/mol. The van der Waals surface area contributed by atoms with Crippen LogP contribution in [0.15, 0.2) is 18.2 Å². The molecule has 0 saturated carbocycles. The van der Waals surface area contributed by atoms with Gasteiger partial charge in [0.2, 0.25) is 5.91 Å². The first-order valence-electron chi connectivity index (χ1n) is 4.89. The molecule has 100 valence electrons. The lowest BCUT2D eigenvalue weighted by atomic mass is 10.1. The first kappa shape index (κ1) is 15.3. The molecule has 0 unspecified atom stereocenters. The van der Waals surface area contributed by atoms with E-state index in [4.69, 9.17) is 11.6 Å². The molecule has 1 N–H and O–H groups in total. The second-order valence-corrected chi connectivity index (χ2v) is 6.51. The van der Waals surface area contributed by atoms with Gasteiger partial charge < -0.3 is 5.32 Å². The minimum Gasteiger partial charge on any atom is -0.324 e. The Morgan fingerprint density at radius 1 is 1.33 bits per heavy atom. The predicted octanol–water partition coefficient (Wildman–Crippen LogP) is 4.47. The Bertz CT molecular complexity index is 468. The number of hydrogen-bond donors (Lipinski definition) is 1. The zero-order valence-corrected chi connectivity index (χ0v) is 11.9. The van der Waals surface area contributed by atoms with Crippen molar-refractivity contribution in [2.24, 2.45) is 0 Å². The second kappa shape index (κ2) is 5.09. The highest BCUT2D eigenvalue weighted by molar-refractivity contribution is 9.10. The topological polar surface area (TPSA) is 29.1 Å². The highest BCUT2D eigenvalue weighted by Gasteiger charge is 2.31. The van der Waals surface area contributed by atoms with Crippen molar-refractivity contribution < 1.29 is 18.0 Å². The minimum absolute atomic E-state index is 0.141. The normalized spacial score (nSPS) is 12.4. The van der Waals surface area contributed by atoms with Gasteiger partial charge in [0.1, 0.15) is 0 Å². The van der Waals surface area contributed by atoms with E-state index in [0.717, 1.165) is 18.2 Å². The van der Waals surface area contributed by atoms with Crippen molar-refractivity contribution in [3.8, 4) is 0 Å². The van der Waals surface area contributed by atoms with E-state index < -0.39 is 22.0 Å². The van der Waals surface area contributed by atoms with Gasteiger partial charge in [-0.15, -0.1) is 0 Å². The summed E-state index contributed by atoms with van der Waals surface area (Å²) in [6.45, 7) is 3.22. The van der Waals surface area contributed by atoms with Crippen molar-refractivity contribution in [2.75, 3.05) is 5.32 Å². The number of carbonyl (C=O) groups is 1. The summed E-state index contributed by atoms with van der Waals surface area (Å²) in [5, 5.41) is 2.29. The first-order valence-corrected chi connectivity index (χ1v) is 6.06. The van der Waals surface area contributed by atoms with Crippen LogP contribution in [0.5, 0.6) is 0 Å². The van der Waals surface area contributed by atoms with E-state index in [-0.39, 0.29) is 10.7 Å². The molecular weight excluding hydrogens is 334 g/mol. The summed E-state index contributed by atoms with van der Waals surface area (Å²) in [5.74, 6) is -0.399. The van der Waals surface area contributed by atoms with E-state index in [1.165, 1.54) is 0 Å². The maximum atomic E-state index is 12.4. The Hall–Kier alpha value is -0.750. The molecule has 0 aliphatic carbocycles. The molecule has 7 heteroatoms. The van der Waals surface area contributed by atoms with Gasteiger partial charge in [0.05, 0.1) is 20.6 Å². The van der Waals surface area contributed by atoms with Crippen LogP contribution in [0.4, 0.5) is 18.9 Å². The molecule has 0 radical (unpaired) electrons. The third kappa shape index (κ3) is 3.88. The number of rotatable bonds is 2. The summed E-state index contributed by atoms with van der Waals surface area (Å²) in [7, 11) is 0. The maximum Gasteiger partial charge on any atom is 0.416 e. The fourth-order valence-corrected chi connectivity index (χ4v) is 1.39. The summed E-state index contributed by atoms with van der Waals surface area (Å²) < 4.78 is 36.4. The Balaban J connectivity index is 2.98. The third-order valence-electron chi connectivity index (χ3n) is 2.08. The fourth-order valence-electron chi connectivity index (χ4n) is 1.06. The number of amides is 1. The molecule has 0 fully saturated rings. The lowest BCUT2D eigenvalue weighted by Gasteiger charge is -2.17. The van der Waals surface area contributed by atoms with Crippen LogP contribution >= 0.6 is 27.5 Å². The maximum absolute atomic E-state index is 12.4. The Morgan fingerprint density at radius 3 is 2.28 bits per heavy atom. The monoisotopic (exact) mass is 343 g/mol. The second-order valence-electron chi connectivity index (χ2n) is 4.12. The highest BCUT2D eigenvalue weighted by atomic mass is 79.9. The van der Waals surface area contributed by atoms with E-state index in [1.54, 1.807) is 13.8 Å². The summed E-state index contributed by atoms with van der Waals surface area (Å²) in [6, 6.07) is 2.77. The largest absolute Gasteiger partial charge is 0.416 e. The molecule has 1 amide bonds. The van der Waals surface area contributed by atoms with Crippen molar-refractivity contribution >= 4 is 39.1 Å². The summed E-state index contributed by atoms with van der Waals surface area (Å²) in [6.07, 6.45) is -4.46. The van der Waals surface area contributed by atoms with E-state index in [9.17, 15) is 18.0 Å². The van der Waals surface area contributed by atoms with Gasteiger partial charge in [-0.2, -0.15) is 13.2 Å². The molecule has 0 atom stereocenters. The van der Waals surface area contributed by atoms with Crippen molar-refractivity contribution in [3.05, 3.63) is 28.8 Å². The van der Waals surface area contributed by atoms with Crippen LogP contribution in [-0.2, 0) is 11.0 Å². The molecule has 1 aromatic carbocycles. The van der Waals surface area contributed by atoms with Crippen LogP contribution in [0.3, 0.4) is 0 Å². The summed E-state index contributed by atoms with van der Waals surface area (Å²) in [4.78, 5) is 11.6.